The van der Waals surface area contributed by atoms with Crippen molar-refractivity contribution in [3.63, 3.8) is 0 Å². The summed E-state index contributed by atoms with van der Waals surface area (Å²) in [6.07, 6.45) is 2.07. The Hall–Kier alpha value is -3.99. The SMILES string of the molecule is COc1cccc(C2=Cn3c(nc(-c4ccccc4)c3-c3ccccc3)NN2)c1. The van der Waals surface area contributed by atoms with Crippen molar-refractivity contribution in [2.24, 2.45) is 0 Å². The Morgan fingerprint density at radius 3 is 2.17 bits per heavy atom. The number of hydrazine groups is 1. The second-order valence-electron chi connectivity index (χ2n) is 6.76. The molecule has 0 unspecified atom stereocenters. The van der Waals surface area contributed by atoms with Gasteiger partial charge in [-0.2, -0.15) is 0 Å². The number of nitrogens with one attached hydrogen (secondary N) is 2. The van der Waals surface area contributed by atoms with Crippen LogP contribution in [-0.4, -0.2) is 16.7 Å². The molecule has 0 radical (unpaired) electrons. The van der Waals surface area contributed by atoms with Gasteiger partial charge >= 0.3 is 0 Å². The summed E-state index contributed by atoms with van der Waals surface area (Å²) in [5.74, 6) is 1.56. The topological polar surface area (TPSA) is 51.1 Å². The summed E-state index contributed by atoms with van der Waals surface area (Å²) in [6.45, 7) is 0. The second-order valence-corrected chi connectivity index (χ2v) is 6.76. The molecule has 0 fully saturated rings. The van der Waals surface area contributed by atoms with Gasteiger partial charge in [-0.25, -0.2) is 4.98 Å². The van der Waals surface area contributed by atoms with Crippen molar-refractivity contribution >= 4 is 17.8 Å². The number of anilines is 1. The molecule has 3 aromatic carbocycles. The summed E-state index contributed by atoms with van der Waals surface area (Å²) < 4.78 is 7.48. The number of hydrogen-bond acceptors (Lipinski definition) is 4. The van der Waals surface area contributed by atoms with Crippen molar-refractivity contribution in [3.8, 4) is 28.3 Å². The highest BCUT2D eigenvalue weighted by Gasteiger charge is 2.22. The van der Waals surface area contributed by atoms with Crippen LogP contribution in [0.2, 0.25) is 0 Å². The van der Waals surface area contributed by atoms with E-state index in [0.29, 0.717) is 0 Å². The van der Waals surface area contributed by atoms with E-state index in [1.54, 1.807) is 7.11 Å². The van der Waals surface area contributed by atoms with Crippen LogP contribution in [0.25, 0.3) is 34.4 Å². The van der Waals surface area contributed by atoms with Crippen molar-refractivity contribution in [1.29, 1.82) is 0 Å². The standard InChI is InChI=1S/C24H20N4O/c1-29-20-14-8-13-19(15-20)21-16-28-23(18-11-6-3-7-12-18)22(25-24(28)27-26-21)17-9-4-2-5-10-17/h2-16,26H,1H3,(H,25,27). The smallest absolute Gasteiger partial charge is 0.227 e. The van der Waals surface area contributed by atoms with E-state index in [0.717, 1.165) is 45.5 Å². The Labute approximate surface area is 169 Å². The van der Waals surface area contributed by atoms with Gasteiger partial charge in [0.2, 0.25) is 5.95 Å². The molecule has 29 heavy (non-hydrogen) atoms. The quantitative estimate of drug-likeness (QED) is 0.516. The van der Waals surface area contributed by atoms with Crippen molar-refractivity contribution in [2.75, 3.05) is 12.5 Å². The molecule has 0 saturated carbocycles. The van der Waals surface area contributed by atoms with Crippen LogP contribution in [0, 0.1) is 0 Å². The molecule has 5 heteroatoms. The number of ether oxygens (including phenoxy) is 1. The Bertz CT molecular complexity index is 1180. The first kappa shape index (κ1) is 17.1. The molecule has 2 heterocycles. The lowest BCUT2D eigenvalue weighted by molar-refractivity contribution is 0.414. The molecule has 0 spiro atoms. The second kappa shape index (κ2) is 7.20. The molecule has 0 bridgehead atoms. The molecule has 1 aliphatic rings. The average molecular weight is 380 g/mol. The fourth-order valence-corrected chi connectivity index (χ4v) is 3.54. The average Bonchev–Trinajstić information content (AvgIpc) is 3.19. The fourth-order valence-electron chi connectivity index (χ4n) is 3.54. The van der Waals surface area contributed by atoms with Gasteiger partial charge in [0.25, 0.3) is 0 Å². The Morgan fingerprint density at radius 1 is 0.759 bits per heavy atom. The van der Waals surface area contributed by atoms with Gasteiger partial charge in [0.1, 0.15) is 5.75 Å². The van der Waals surface area contributed by atoms with E-state index in [-0.39, 0.29) is 0 Å². The number of fused-ring (bicyclic) bond motifs is 1. The third kappa shape index (κ3) is 3.12. The minimum Gasteiger partial charge on any atom is -0.497 e. The molecule has 5 nitrogen and oxygen atoms in total. The van der Waals surface area contributed by atoms with Crippen LogP contribution >= 0.6 is 0 Å². The maximum Gasteiger partial charge on any atom is 0.227 e. The highest BCUT2D eigenvalue weighted by atomic mass is 16.5. The van der Waals surface area contributed by atoms with Crippen molar-refractivity contribution in [3.05, 3.63) is 90.5 Å². The number of aromatic nitrogens is 2. The Kier molecular flexibility index (Phi) is 4.26. The van der Waals surface area contributed by atoms with Crippen molar-refractivity contribution in [2.45, 2.75) is 0 Å². The number of nitrogens with zero attached hydrogens (tertiary/aromatic N) is 2. The van der Waals surface area contributed by atoms with Crippen LogP contribution in [0.5, 0.6) is 5.75 Å². The predicted molar refractivity (Wildman–Crippen MR) is 117 cm³/mol. The third-order valence-corrected chi connectivity index (χ3v) is 4.95. The van der Waals surface area contributed by atoms with Gasteiger partial charge in [-0.05, 0) is 12.1 Å². The van der Waals surface area contributed by atoms with E-state index in [1.807, 2.05) is 60.7 Å². The lowest BCUT2D eigenvalue weighted by atomic mass is 10.0. The number of imidazole rings is 1. The van der Waals surface area contributed by atoms with E-state index in [2.05, 4.69) is 45.9 Å². The van der Waals surface area contributed by atoms with Gasteiger partial charge in [0.05, 0.1) is 24.2 Å². The molecule has 0 atom stereocenters. The van der Waals surface area contributed by atoms with Crippen LogP contribution in [0.15, 0.2) is 84.9 Å². The van der Waals surface area contributed by atoms with Crippen LogP contribution in [0.3, 0.4) is 0 Å². The Balaban J connectivity index is 1.70. The van der Waals surface area contributed by atoms with E-state index >= 15 is 0 Å². The molecular weight excluding hydrogens is 360 g/mol. The maximum absolute atomic E-state index is 5.38. The van der Waals surface area contributed by atoms with Crippen LogP contribution in [-0.2, 0) is 0 Å². The van der Waals surface area contributed by atoms with E-state index in [9.17, 15) is 0 Å². The van der Waals surface area contributed by atoms with Gasteiger partial charge in [-0.3, -0.25) is 15.4 Å². The highest BCUT2D eigenvalue weighted by molar-refractivity contribution is 5.87. The molecule has 142 valence electrons. The van der Waals surface area contributed by atoms with Gasteiger partial charge in [-0.1, -0.05) is 72.8 Å². The maximum atomic E-state index is 5.38. The lowest BCUT2D eigenvalue weighted by Gasteiger charge is -2.20. The minimum atomic E-state index is 0.745. The summed E-state index contributed by atoms with van der Waals surface area (Å²) in [5, 5.41) is 0. The number of rotatable bonds is 4. The molecule has 2 N–H and O–H groups in total. The third-order valence-electron chi connectivity index (χ3n) is 4.95. The number of methoxy groups -OCH3 is 1. The van der Waals surface area contributed by atoms with Crippen LogP contribution < -0.4 is 15.6 Å². The number of hydrogen-bond donors (Lipinski definition) is 2. The van der Waals surface area contributed by atoms with Gasteiger partial charge in [0.15, 0.2) is 0 Å². The van der Waals surface area contributed by atoms with E-state index in [1.165, 1.54) is 0 Å². The normalized spacial score (nSPS) is 12.4. The molecule has 1 aromatic heterocycles. The zero-order chi connectivity index (χ0) is 19.6. The molecular formula is C24H20N4O. The number of benzene rings is 3. The van der Waals surface area contributed by atoms with Crippen LogP contribution in [0.4, 0.5) is 5.95 Å². The van der Waals surface area contributed by atoms with Crippen molar-refractivity contribution < 1.29 is 4.74 Å². The van der Waals surface area contributed by atoms with E-state index < -0.39 is 0 Å². The molecule has 0 amide bonds. The molecule has 5 rings (SSSR count). The predicted octanol–water partition coefficient (Wildman–Crippen LogP) is 5.11. The van der Waals surface area contributed by atoms with Gasteiger partial charge in [0, 0.05) is 22.9 Å². The molecule has 1 aliphatic heterocycles. The molecule has 0 saturated heterocycles. The van der Waals surface area contributed by atoms with Crippen LogP contribution in [0.1, 0.15) is 5.56 Å². The van der Waals surface area contributed by atoms with Crippen molar-refractivity contribution in [1.82, 2.24) is 15.0 Å². The first-order chi connectivity index (χ1) is 14.3. The summed E-state index contributed by atoms with van der Waals surface area (Å²) in [4.78, 5) is 4.88. The first-order valence-corrected chi connectivity index (χ1v) is 9.45. The largest absolute Gasteiger partial charge is 0.497 e. The zero-order valence-electron chi connectivity index (χ0n) is 16.0. The summed E-state index contributed by atoms with van der Waals surface area (Å²) in [7, 11) is 1.67. The monoisotopic (exact) mass is 380 g/mol. The lowest BCUT2D eigenvalue weighted by Crippen LogP contribution is -2.26. The first-order valence-electron chi connectivity index (χ1n) is 9.45. The van der Waals surface area contributed by atoms with Gasteiger partial charge in [-0.15, -0.1) is 0 Å². The Morgan fingerprint density at radius 2 is 1.45 bits per heavy atom. The van der Waals surface area contributed by atoms with Gasteiger partial charge < -0.3 is 4.74 Å². The zero-order valence-corrected chi connectivity index (χ0v) is 16.0. The summed E-state index contributed by atoms with van der Waals surface area (Å²) in [6, 6.07) is 28.6. The van der Waals surface area contributed by atoms with E-state index in [4.69, 9.17) is 9.72 Å². The molecule has 0 aliphatic carbocycles. The molecule has 4 aromatic rings. The summed E-state index contributed by atoms with van der Waals surface area (Å²) >= 11 is 0. The highest BCUT2D eigenvalue weighted by Crippen LogP contribution is 2.36. The minimum absolute atomic E-state index is 0.745. The summed E-state index contributed by atoms with van der Waals surface area (Å²) in [5.41, 5.74) is 12.6. The fraction of sp³-hybridized carbons (Fsp3) is 0.0417.